The van der Waals surface area contributed by atoms with Gasteiger partial charge in [-0.05, 0) is 61.2 Å². The lowest BCUT2D eigenvalue weighted by atomic mass is 9.93. The molecule has 0 radical (unpaired) electrons. The minimum Gasteiger partial charge on any atom is -0.432 e. The van der Waals surface area contributed by atoms with Crippen molar-refractivity contribution in [2.45, 2.75) is 32.6 Å². The maximum Gasteiger partial charge on any atom is 0.306 e. The summed E-state index contributed by atoms with van der Waals surface area (Å²) >= 11 is 0. The highest BCUT2D eigenvalue weighted by Crippen LogP contribution is 2.41. The van der Waals surface area contributed by atoms with Gasteiger partial charge in [0.2, 0.25) is 0 Å². The van der Waals surface area contributed by atoms with E-state index in [1.165, 1.54) is 50.0 Å². The predicted molar refractivity (Wildman–Crippen MR) is 163 cm³/mol. The molecule has 2 aliphatic carbocycles. The van der Waals surface area contributed by atoms with E-state index in [0.717, 1.165) is 29.6 Å². The molecule has 5 nitrogen and oxygen atoms in total. The molecule has 0 spiro atoms. The van der Waals surface area contributed by atoms with E-state index in [0.29, 0.717) is 17.7 Å². The Kier molecular flexibility index (Phi) is 4.35. The van der Waals surface area contributed by atoms with E-state index in [1.54, 1.807) is 6.26 Å². The highest BCUT2D eigenvalue weighted by Gasteiger charge is 2.26. The van der Waals surface area contributed by atoms with Crippen molar-refractivity contribution < 1.29 is 4.42 Å². The second-order valence-electron chi connectivity index (χ2n) is 11.5. The van der Waals surface area contributed by atoms with Gasteiger partial charge in [0.25, 0.3) is 0 Å². The smallest absolute Gasteiger partial charge is 0.306 e. The summed E-state index contributed by atoms with van der Waals surface area (Å²) in [6.45, 7) is 4.65. The SMILES string of the molecule is CC1C=Cc2c(n(-c3ccc4c(c3)nc3occn34)c3ccc(-n4c5c(c6ccccc64)C=CCC5C)cc23)C1. The molecule has 5 heteroatoms. The van der Waals surface area contributed by atoms with Crippen LogP contribution in [0.15, 0.2) is 89.7 Å². The van der Waals surface area contributed by atoms with E-state index >= 15 is 0 Å². The molecule has 0 fully saturated rings. The molecule has 0 N–H and O–H groups in total. The van der Waals surface area contributed by atoms with Crippen LogP contribution in [0, 0.1) is 5.92 Å². The summed E-state index contributed by atoms with van der Waals surface area (Å²) in [5.41, 5.74) is 12.3. The van der Waals surface area contributed by atoms with Gasteiger partial charge in [-0.1, -0.05) is 56.4 Å². The number of hydrogen-bond donors (Lipinski definition) is 0. The first-order valence-electron chi connectivity index (χ1n) is 14.2. The summed E-state index contributed by atoms with van der Waals surface area (Å²) < 4.78 is 12.5. The van der Waals surface area contributed by atoms with Crippen molar-refractivity contribution >= 4 is 50.8 Å². The van der Waals surface area contributed by atoms with E-state index in [-0.39, 0.29) is 0 Å². The van der Waals surface area contributed by atoms with Gasteiger partial charge < -0.3 is 13.6 Å². The number of hydrogen-bond acceptors (Lipinski definition) is 2. The van der Waals surface area contributed by atoms with E-state index < -0.39 is 0 Å². The molecule has 194 valence electrons. The summed E-state index contributed by atoms with van der Waals surface area (Å²) in [6, 6.07) is 22.4. The number of benzene rings is 3. The number of aromatic nitrogens is 4. The fourth-order valence-corrected chi connectivity index (χ4v) is 7.12. The average molecular weight is 521 g/mol. The Hall–Kier alpha value is -4.77. The molecular weight excluding hydrogens is 492 g/mol. The fourth-order valence-electron chi connectivity index (χ4n) is 7.12. The van der Waals surface area contributed by atoms with Crippen LogP contribution in [-0.2, 0) is 6.42 Å². The first-order valence-corrected chi connectivity index (χ1v) is 14.2. The highest BCUT2D eigenvalue weighted by atomic mass is 16.3. The number of nitrogens with zero attached hydrogens (tertiary/aromatic N) is 4. The zero-order chi connectivity index (χ0) is 26.5. The largest absolute Gasteiger partial charge is 0.432 e. The Balaban J connectivity index is 1.31. The van der Waals surface area contributed by atoms with Crippen LogP contribution < -0.4 is 0 Å². The normalized spacial score (nSPS) is 18.4. The topological polar surface area (TPSA) is 40.3 Å². The highest BCUT2D eigenvalue weighted by molar-refractivity contribution is 5.97. The lowest BCUT2D eigenvalue weighted by Crippen LogP contribution is -2.08. The van der Waals surface area contributed by atoms with Crippen molar-refractivity contribution in [1.82, 2.24) is 18.5 Å². The minimum atomic E-state index is 0.462. The fraction of sp³-hybridized carbons (Fsp3) is 0.171. The van der Waals surface area contributed by atoms with Crippen LogP contribution in [0.5, 0.6) is 0 Å². The zero-order valence-electron chi connectivity index (χ0n) is 22.5. The van der Waals surface area contributed by atoms with Crippen LogP contribution in [0.1, 0.15) is 48.7 Å². The molecular formula is C35H28N4O. The van der Waals surface area contributed by atoms with Crippen molar-refractivity contribution in [2.24, 2.45) is 5.92 Å². The Morgan fingerprint density at radius 3 is 2.58 bits per heavy atom. The first kappa shape index (κ1) is 22.1. The van der Waals surface area contributed by atoms with Crippen LogP contribution in [0.25, 0.3) is 62.2 Å². The monoisotopic (exact) mass is 520 g/mol. The van der Waals surface area contributed by atoms with Crippen molar-refractivity contribution in [2.75, 3.05) is 0 Å². The molecule has 0 saturated heterocycles. The van der Waals surface area contributed by atoms with E-state index in [2.05, 4.69) is 108 Å². The Bertz CT molecular complexity index is 2210. The molecule has 0 amide bonds. The van der Waals surface area contributed by atoms with Crippen LogP contribution in [0.2, 0.25) is 0 Å². The van der Waals surface area contributed by atoms with Gasteiger partial charge in [0.15, 0.2) is 0 Å². The number of allylic oxidation sites excluding steroid dienone is 2. The molecule has 9 rings (SSSR count). The van der Waals surface area contributed by atoms with Gasteiger partial charge in [-0.25, -0.2) is 0 Å². The quantitative estimate of drug-likeness (QED) is 0.229. The second kappa shape index (κ2) is 7.89. The molecule has 0 bridgehead atoms. The predicted octanol–water partition coefficient (Wildman–Crippen LogP) is 8.69. The Labute approximate surface area is 231 Å². The Morgan fingerprint density at radius 1 is 0.825 bits per heavy atom. The maximum atomic E-state index is 5.56. The maximum absolute atomic E-state index is 5.56. The molecule has 3 aromatic carbocycles. The van der Waals surface area contributed by atoms with Crippen LogP contribution in [0.3, 0.4) is 0 Å². The third-order valence-electron chi connectivity index (χ3n) is 8.93. The summed E-state index contributed by atoms with van der Waals surface area (Å²) in [7, 11) is 0. The van der Waals surface area contributed by atoms with E-state index in [9.17, 15) is 0 Å². The van der Waals surface area contributed by atoms with Crippen LogP contribution >= 0.6 is 0 Å². The van der Waals surface area contributed by atoms with Crippen molar-refractivity contribution in [3.63, 3.8) is 0 Å². The van der Waals surface area contributed by atoms with Gasteiger partial charge in [0.1, 0.15) is 6.26 Å². The number of imidazole rings is 1. The van der Waals surface area contributed by atoms with Gasteiger partial charge in [0, 0.05) is 56.8 Å². The zero-order valence-corrected chi connectivity index (χ0v) is 22.5. The molecule has 2 unspecified atom stereocenters. The number of rotatable bonds is 2. The van der Waals surface area contributed by atoms with E-state index in [1.807, 2.05) is 10.6 Å². The molecule has 0 aliphatic heterocycles. The lowest BCUT2D eigenvalue weighted by Gasteiger charge is -2.19. The third kappa shape index (κ3) is 2.89. The molecule has 4 heterocycles. The average Bonchev–Trinajstić information content (AvgIpc) is 3.71. The standard InChI is InChI=1S/C35H28N4O/c1-21-10-13-26-28-19-23(39-30-9-4-3-7-25(30)27-8-5-6-22(2)34(27)39)11-14-31(28)38(33(26)18-21)24-12-15-32-29(20-24)36-35-37(32)16-17-40-35/h3-5,7-17,19-22H,6,18H2,1-2H3. The number of fused-ring (bicyclic) bond motifs is 9. The number of oxazole rings is 1. The van der Waals surface area contributed by atoms with Gasteiger partial charge in [0.05, 0.1) is 22.1 Å². The summed E-state index contributed by atoms with van der Waals surface area (Å²) in [4.78, 5) is 4.74. The molecule has 0 saturated carbocycles. The van der Waals surface area contributed by atoms with Gasteiger partial charge >= 0.3 is 5.84 Å². The molecule has 7 aromatic rings. The number of para-hydroxylation sites is 1. The minimum absolute atomic E-state index is 0.462. The van der Waals surface area contributed by atoms with Crippen molar-refractivity contribution in [1.29, 1.82) is 0 Å². The summed E-state index contributed by atoms with van der Waals surface area (Å²) in [6.07, 6.45) is 15.0. The lowest BCUT2D eigenvalue weighted by molar-refractivity contribution is 0.597. The molecule has 2 atom stereocenters. The van der Waals surface area contributed by atoms with Gasteiger partial charge in [-0.15, -0.1) is 0 Å². The van der Waals surface area contributed by atoms with Gasteiger partial charge in [-0.3, -0.25) is 4.40 Å². The summed E-state index contributed by atoms with van der Waals surface area (Å²) in [5.74, 6) is 1.57. The second-order valence-corrected chi connectivity index (χ2v) is 11.5. The van der Waals surface area contributed by atoms with Crippen molar-refractivity contribution in [3.8, 4) is 11.4 Å². The Morgan fingerprint density at radius 2 is 1.65 bits per heavy atom. The van der Waals surface area contributed by atoms with Crippen LogP contribution in [-0.4, -0.2) is 18.5 Å². The molecule has 40 heavy (non-hydrogen) atoms. The third-order valence-corrected chi connectivity index (χ3v) is 8.93. The summed E-state index contributed by atoms with van der Waals surface area (Å²) in [5, 5.41) is 2.62. The van der Waals surface area contributed by atoms with E-state index in [4.69, 9.17) is 9.40 Å². The van der Waals surface area contributed by atoms with Gasteiger partial charge in [-0.2, -0.15) is 4.98 Å². The molecule has 2 aliphatic rings. The van der Waals surface area contributed by atoms with Crippen molar-refractivity contribution in [3.05, 3.63) is 108 Å². The first-order chi connectivity index (χ1) is 19.7. The van der Waals surface area contributed by atoms with Crippen LogP contribution in [0.4, 0.5) is 0 Å². The molecule has 4 aromatic heterocycles.